The van der Waals surface area contributed by atoms with E-state index in [1.54, 1.807) is 12.1 Å². The molecule has 0 saturated carbocycles. The minimum atomic E-state index is -0.359. The second-order valence-electron chi connectivity index (χ2n) is 7.29. The molecule has 0 unspecified atom stereocenters. The lowest BCUT2D eigenvalue weighted by molar-refractivity contribution is -1.00. The Labute approximate surface area is 161 Å². The molecular formula is C20H33FN4O2+2. The molecule has 1 aromatic rings. The van der Waals surface area contributed by atoms with Crippen LogP contribution < -0.4 is 15.1 Å². The summed E-state index contributed by atoms with van der Waals surface area (Å²) in [7, 11) is 0. The summed E-state index contributed by atoms with van der Waals surface area (Å²) >= 11 is 0. The van der Waals surface area contributed by atoms with Crippen molar-refractivity contribution in [1.82, 2.24) is 4.90 Å². The maximum absolute atomic E-state index is 13.2. The number of carbonyl (C=O) groups is 2. The van der Waals surface area contributed by atoms with Gasteiger partial charge in [-0.25, -0.2) is 4.39 Å². The van der Waals surface area contributed by atoms with Crippen LogP contribution in [-0.2, 0) is 9.59 Å². The molecule has 0 aliphatic carbocycles. The average molecular weight is 381 g/mol. The van der Waals surface area contributed by atoms with Crippen LogP contribution in [0.5, 0.6) is 0 Å². The lowest BCUT2D eigenvalue weighted by Crippen LogP contribution is -3.28. The molecule has 2 rings (SSSR count). The van der Waals surface area contributed by atoms with Crippen LogP contribution in [0, 0.1) is 5.82 Å². The molecule has 1 fully saturated rings. The molecule has 1 aromatic carbocycles. The molecule has 6 nitrogen and oxygen atoms in total. The summed E-state index contributed by atoms with van der Waals surface area (Å²) < 4.78 is 13.2. The Kier molecular flexibility index (Phi) is 8.67. The van der Waals surface area contributed by atoms with E-state index in [1.807, 2.05) is 4.90 Å². The number of halogens is 1. The van der Waals surface area contributed by atoms with E-state index in [0.29, 0.717) is 18.8 Å². The van der Waals surface area contributed by atoms with Gasteiger partial charge in [-0.05, 0) is 31.0 Å². The third kappa shape index (κ3) is 7.27. The Morgan fingerprint density at radius 2 is 1.63 bits per heavy atom. The Bertz CT molecular complexity index is 612. The van der Waals surface area contributed by atoms with Gasteiger partial charge >= 0.3 is 0 Å². The van der Waals surface area contributed by atoms with Gasteiger partial charge in [-0.15, -0.1) is 0 Å². The zero-order valence-corrected chi connectivity index (χ0v) is 16.5. The quantitative estimate of drug-likeness (QED) is 0.525. The maximum Gasteiger partial charge on any atom is 0.279 e. The van der Waals surface area contributed by atoms with Gasteiger partial charge in [0.15, 0.2) is 13.1 Å². The van der Waals surface area contributed by atoms with Crippen molar-refractivity contribution in [3.63, 3.8) is 0 Å². The second-order valence-corrected chi connectivity index (χ2v) is 7.29. The number of carbonyl (C=O) groups excluding carboxylic acids is 2. The standard InChI is InChI=1S/C20H31FN4O2/c1-3-8-25(9-4-2)20(27)16-24-12-10-23(11-13-24)15-19(26)22-18-7-5-6-17(21)14-18/h5-7,14H,3-4,8-13,15-16H2,1-2H3,(H,22,26)/p+2. The van der Waals surface area contributed by atoms with Crippen LogP contribution in [-0.4, -0.2) is 69.1 Å². The van der Waals surface area contributed by atoms with Gasteiger partial charge in [-0.2, -0.15) is 0 Å². The molecule has 0 spiro atoms. The maximum atomic E-state index is 13.2. The SMILES string of the molecule is CCCN(CCC)C(=O)C[NH+]1CC[NH+](CC(=O)Nc2cccc(F)c2)CC1. The van der Waals surface area contributed by atoms with E-state index in [4.69, 9.17) is 0 Å². The number of rotatable bonds is 9. The summed E-state index contributed by atoms with van der Waals surface area (Å²) in [5.41, 5.74) is 0.487. The molecule has 2 amide bonds. The first kappa shape index (κ1) is 21.3. The first-order chi connectivity index (χ1) is 13.0. The molecule has 3 N–H and O–H groups in total. The second kappa shape index (κ2) is 11.0. The molecule has 0 atom stereocenters. The number of benzene rings is 1. The van der Waals surface area contributed by atoms with Crippen LogP contribution in [0.25, 0.3) is 0 Å². The summed E-state index contributed by atoms with van der Waals surface area (Å²) in [6, 6.07) is 5.94. The summed E-state index contributed by atoms with van der Waals surface area (Å²) in [6.45, 7) is 10.3. The molecule has 0 aromatic heterocycles. The van der Waals surface area contributed by atoms with Crippen LogP contribution in [0.15, 0.2) is 24.3 Å². The normalized spacial score (nSPS) is 19.5. The largest absolute Gasteiger partial charge is 0.338 e. The number of amides is 2. The van der Waals surface area contributed by atoms with Gasteiger partial charge in [0.1, 0.15) is 32.0 Å². The first-order valence-corrected chi connectivity index (χ1v) is 10.0. The van der Waals surface area contributed by atoms with Crippen LogP contribution in [0.3, 0.4) is 0 Å². The van der Waals surface area contributed by atoms with Crippen molar-refractivity contribution in [3.05, 3.63) is 30.1 Å². The number of nitrogens with zero attached hydrogens (tertiary/aromatic N) is 1. The fourth-order valence-corrected chi connectivity index (χ4v) is 3.54. The fourth-order valence-electron chi connectivity index (χ4n) is 3.54. The van der Waals surface area contributed by atoms with Gasteiger partial charge in [0.25, 0.3) is 11.8 Å². The molecule has 1 saturated heterocycles. The van der Waals surface area contributed by atoms with E-state index in [0.717, 1.165) is 52.1 Å². The lowest BCUT2D eigenvalue weighted by Gasteiger charge is -2.30. The van der Waals surface area contributed by atoms with Crippen molar-refractivity contribution in [2.45, 2.75) is 26.7 Å². The van der Waals surface area contributed by atoms with Crippen molar-refractivity contribution in [2.75, 3.05) is 57.7 Å². The number of hydrogen-bond acceptors (Lipinski definition) is 2. The average Bonchev–Trinajstić information content (AvgIpc) is 2.63. The minimum Gasteiger partial charge on any atom is -0.338 e. The predicted molar refractivity (Wildman–Crippen MR) is 103 cm³/mol. The van der Waals surface area contributed by atoms with Gasteiger partial charge in [0.2, 0.25) is 0 Å². The highest BCUT2D eigenvalue weighted by Crippen LogP contribution is 2.08. The Hall–Kier alpha value is -1.99. The number of nitrogens with one attached hydrogen (secondary N) is 3. The van der Waals surface area contributed by atoms with Crippen molar-refractivity contribution >= 4 is 17.5 Å². The molecular weight excluding hydrogens is 347 g/mol. The van der Waals surface area contributed by atoms with Gasteiger partial charge in [0.05, 0.1) is 0 Å². The summed E-state index contributed by atoms with van der Waals surface area (Å²) in [4.78, 5) is 29.1. The van der Waals surface area contributed by atoms with Crippen LogP contribution in [0.4, 0.5) is 10.1 Å². The summed E-state index contributed by atoms with van der Waals surface area (Å²) in [5.74, 6) is -0.226. The van der Waals surface area contributed by atoms with Crippen molar-refractivity contribution < 1.29 is 23.8 Å². The molecule has 1 heterocycles. The summed E-state index contributed by atoms with van der Waals surface area (Å²) in [5, 5.41) is 2.75. The van der Waals surface area contributed by atoms with Crippen LogP contribution in [0.1, 0.15) is 26.7 Å². The molecule has 7 heteroatoms. The summed E-state index contributed by atoms with van der Waals surface area (Å²) in [6.07, 6.45) is 1.97. The first-order valence-electron chi connectivity index (χ1n) is 10.0. The van der Waals surface area contributed by atoms with E-state index < -0.39 is 0 Å². The van der Waals surface area contributed by atoms with Crippen LogP contribution in [0.2, 0.25) is 0 Å². The van der Waals surface area contributed by atoms with Crippen molar-refractivity contribution in [3.8, 4) is 0 Å². The lowest BCUT2D eigenvalue weighted by atomic mass is 10.2. The predicted octanol–water partition coefficient (Wildman–Crippen LogP) is -0.804. The number of hydrogen-bond donors (Lipinski definition) is 3. The van der Waals surface area contributed by atoms with Crippen molar-refractivity contribution in [2.24, 2.45) is 0 Å². The van der Waals surface area contributed by atoms with Gasteiger partial charge < -0.3 is 20.0 Å². The molecule has 0 radical (unpaired) electrons. The highest BCUT2D eigenvalue weighted by atomic mass is 19.1. The van der Waals surface area contributed by atoms with E-state index in [2.05, 4.69) is 19.2 Å². The van der Waals surface area contributed by atoms with Crippen LogP contribution >= 0.6 is 0 Å². The molecule has 27 heavy (non-hydrogen) atoms. The van der Waals surface area contributed by atoms with Gasteiger partial charge in [0, 0.05) is 18.8 Å². The van der Waals surface area contributed by atoms with E-state index in [1.165, 1.54) is 21.9 Å². The molecule has 1 aliphatic heterocycles. The zero-order valence-electron chi connectivity index (χ0n) is 16.5. The molecule has 150 valence electrons. The van der Waals surface area contributed by atoms with E-state index in [-0.39, 0.29) is 17.6 Å². The number of anilines is 1. The minimum absolute atomic E-state index is 0.104. The van der Waals surface area contributed by atoms with Crippen molar-refractivity contribution in [1.29, 1.82) is 0 Å². The number of piperazine rings is 1. The number of quaternary nitrogens is 2. The monoisotopic (exact) mass is 380 g/mol. The van der Waals surface area contributed by atoms with E-state index >= 15 is 0 Å². The van der Waals surface area contributed by atoms with Gasteiger partial charge in [-0.3, -0.25) is 9.59 Å². The molecule has 1 aliphatic rings. The van der Waals surface area contributed by atoms with E-state index in [9.17, 15) is 14.0 Å². The zero-order chi connectivity index (χ0) is 19.6. The third-order valence-corrected chi connectivity index (χ3v) is 4.92. The Morgan fingerprint density at radius 3 is 2.19 bits per heavy atom. The van der Waals surface area contributed by atoms with Gasteiger partial charge in [-0.1, -0.05) is 19.9 Å². The fraction of sp³-hybridized carbons (Fsp3) is 0.600. The Morgan fingerprint density at radius 1 is 1.04 bits per heavy atom. The topological polar surface area (TPSA) is 58.3 Å². The highest BCUT2D eigenvalue weighted by Gasteiger charge is 2.27. The smallest absolute Gasteiger partial charge is 0.279 e. The highest BCUT2D eigenvalue weighted by molar-refractivity contribution is 5.91. The Balaban J connectivity index is 1.73. The molecule has 0 bridgehead atoms. The third-order valence-electron chi connectivity index (χ3n) is 4.92.